The maximum absolute atomic E-state index is 12.2. The van der Waals surface area contributed by atoms with Gasteiger partial charge in [0.25, 0.3) is 0 Å². The molecule has 0 atom stereocenters. The lowest BCUT2D eigenvalue weighted by molar-refractivity contribution is -0.148. The molecule has 1 N–H and O–H groups in total. The van der Waals surface area contributed by atoms with Crippen LogP contribution in [0.15, 0.2) is 0 Å². The number of hydrogen-bond acceptors (Lipinski definition) is 4. The van der Waals surface area contributed by atoms with E-state index in [9.17, 15) is 18.0 Å². The third kappa shape index (κ3) is 3.74. The number of carbonyl (C=O) groups excluding carboxylic acids is 1. The average molecular weight is 318 g/mol. The van der Waals surface area contributed by atoms with E-state index in [1.165, 1.54) is 4.31 Å². The minimum absolute atomic E-state index is 0.0465. The highest BCUT2D eigenvalue weighted by Crippen LogP contribution is 2.26. The first-order chi connectivity index (χ1) is 9.83. The van der Waals surface area contributed by atoms with Gasteiger partial charge in [0.15, 0.2) is 0 Å². The van der Waals surface area contributed by atoms with E-state index in [0.717, 1.165) is 0 Å². The van der Waals surface area contributed by atoms with Crippen LogP contribution in [0.25, 0.3) is 0 Å². The highest BCUT2D eigenvalue weighted by atomic mass is 32.2. The summed E-state index contributed by atoms with van der Waals surface area (Å²) in [6.07, 6.45) is 1.22. The van der Waals surface area contributed by atoms with Crippen molar-refractivity contribution < 1.29 is 23.1 Å². The lowest BCUT2D eigenvalue weighted by Gasteiger charge is -2.42. The maximum Gasteiger partial charge on any atom is 0.303 e. The van der Waals surface area contributed by atoms with E-state index in [2.05, 4.69) is 0 Å². The number of nitrogens with zero attached hydrogens (tertiary/aromatic N) is 2. The van der Waals surface area contributed by atoms with Gasteiger partial charge in [0.2, 0.25) is 15.9 Å². The number of piperidine rings is 1. The van der Waals surface area contributed by atoms with Gasteiger partial charge in [0.05, 0.1) is 12.2 Å². The topological polar surface area (TPSA) is 95.0 Å². The van der Waals surface area contributed by atoms with E-state index in [0.29, 0.717) is 39.0 Å². The highest BCUT2D eigenvalue weighted by Gasteiger charge is 2.37. The van der Waals surface area contributed by atoms with E-state index in [1.54, 1.807) is 11.8 Å². The van der Waals surface area contributed by atoms with Gasteiger partial charge in [0, 0.05) is 38.0 Å². The van der Waals surface area contributed by atoms with Crippen LogP contribution in [0.4, 0.5) is 0 Å². The maximum atomic E-state index is 12.2. The second-order valence-corrected chi connectivity index (χ2v) is 8.04. The summed E-state index contributed by atoms with van der Waals surface area (Å²) in [7, 11) is -3.16. The van der Waals surface area contributed by atoms with Gasteiger partial charge in [-0.05, 0) is 19.8 Å². The lowest BCUT2D eigenvalue weighted by Crippen LogP contribution is -2.54. The molecule has 0 saturated carbocycles. The van der Waals surface area contributed by atoms with Crippen LogP contribution < -0.4 is 0 Å². The molecule has 0 aromatic carbocycles. The third-order valence-electron chi connectivity index (χ3n) is 4.29. The van der Waals surface area contributed by atoms with Gasteiger partial charge < -0.3 is 10.0 Å². The van der Waals surface area contributed by atoms with Gasteiger partial charge in [-0.3, -0.25) is 9.59 Å². The Kier molecular flexibility index (Phi) is 4.88. The first kappa shape index (κ1) is 16.2. The molecule has 2 heterocycles. The van der Waals surface area contributed by atoms with E-state index in [4.69, 9.17) is 5.11 Å². The number of rotatable bonds is 5. The van der Waals surface area contributed by atoms with Crippen molar-refractivity contribution in [2.45, 2.75) is 26.2 Å². The SMILES string of the molecule is CCS(=O)(=O)N1CCC(C(=O)N2CC(CC(=O)O)C2)CC1. The molecule has 2 aliphatic heterocycles. The molecule has 1 amide bonds. The molecule has 21 heavy (non-hydrogen) atoms. The fraction of sp³-hybridized carbons (Fsp3) is 0.846. The molecule has 0 aromatic rings. The summed E-state index contributed by atoms with van der Waals surface area (Å²) in [6.45, 7) is 3.45. The van der Waals surface area contributed by atoms with Gasteiger partial charge in [0.1, 0.15) is 0 Å². The molecule has 0 spiro atoms. The molecule has 0 radical (unpaired) electrons. The fourth-order valence-electron chi connectivity index (χ4n) is 2.95. The summed E-state index contributed by atoms with van der Waals surface area (Å²) in [6, 6.07) is 0. The monoisotopic (exact) mass is 318 g/mol. The fourth-order valence-corrected chi connectivity index (χ4v) is 4.08. The summed E-state index contributed by atoms with van der Waals surface area (Å²) >= 11 is 0. The van der Waals surface area contributed by atoms with Crippen LogP contribution in [-0.4, -0.2) is 66.5 Å². The minimum Gasteiger partial charge on any atom is -0.481 e. The number of carboxylic acids is 1. The number of likely N-dealkylation sites (tertiary alicyclic amines) is 1. The molecule has 0 unspecified atom stereocenters. The Balaban J connectivity index is 1.78. The zero-order chi connectivity index (χ0) is 15.6. The first-order valence-corrected chi connectivity index (χ1v) is 8.92. The number of aliphatic carboxylic acids is 1. The standard InChI is InChI=1S/C13H22N2O5S/c1-2-21(19,20)15-5-3-11(4-6-15)13(18)14-8-10(9-14)7-12(16)17/h10-11H,2-9H2,1H3,(H,16,17). The summed E-state index contributed by atoms with van der Waals surface area (Å²) < 4.78 is 25.0. The van der Waals surface area contributed by atoms with Crippen molar-refractivity contribution in [3.8, 4) is 0 Å². The first-order valence-electron chi connectivity index (χ1n) is 7.32. The second-order valence-electron chi connectivity index (χ2n) is 5.78. The molecule has 0 aliphatic carbocycles. The number of amides is 1. The van der Waals surface area contributed by atoms with Gasteiger partial charge in [-0.25, -0.2) is 12.7 Å². The molecule has 7 nitrogen and oxygen atoms in total. The largest absolute Gasteiger partial charge is 0.481 e. The smallest absolute Gasteiger partial charge is 0.303 e. The summed E-state index contributed by atoms with van der Waals surface area (Å²) in [5, 5.41) is 8.69. The normalized spacial score (nSPS) is 22.0. The van der Waals surface area contributed by atoms with Crippen molar-refractivity contribution in [3.05, 3.63) is 0 Å². The molecule has 2 rings (SSSR count). The van der Waals surface area contributed by atoms with E-state index in [1.807, 2.05) is 0 Å². The molecule has 0 bridgehead atoms. The van der Waals surface area contributed by atoms with Crippen molar-refractivity contribution in [2.75, 3.05) is 31.9 Å². The van der Waals surface area contributed by atoms with Crippen LogP contribution in [0.2, 0.25) is 0 Å². The van der Waals surface area contributed by atoms with Crippen LogP contribution in [0, 0.1) is 11.8 Å². The van der Waals surface area contributed by atoms with E-state index in [-0.39, 0.29) is 29.9 Å². The van der Waals surface area contributed by atoms with Gasteiger partial charge in [-0.15, -0.1) is 0 Å². The summed E-state index contributed by atoms with van der Waals surface area (Å²) in [5.74, 6) is -0.754. The molecule has 2 aliphatic rings. The number of carbonyl (C=O) groups is 2. The Labute approximate surface area is 125 Å². The Morgan fingerprint density at radius 2 is 1.76 bits per heavy atom. The van der Waals surface area contributed by atoms with Crippen LogP contribution in [0.1, 0.15) is 26.2 Å². The Hall–Kier alpha value is -1.15. The Morgan fingerprint density at radius 1 is 1.19 bits per heavy atom. The lowest BCUT2D eigenvalue weighted by atomic mass is 9.91. The zero-order valence-electron chi connectivity index (χ0n) is 12.2. The number of sulfonamides is 1. The van der Waals surface area contributed by atoms with Gasteiger partial charge in [-0.2, -0.15) is 0 Å². The molecule has 8 heteroatoms. The van der Waals surface area contributed by atoms with Crippen molar-refractivity contribution >= 4 is 21.9 Å². The molecular formula is C13H22N2O5S. The zero-order valence-corrected chi connectivity index (χ0v) is 13.0. The highest BCUT2D eigenvalue weighted by molar-refractivity contribution is 7.89. The number of hydrogen-bond donors (Lipinski definition) is 1. The number of carboxylic acid groups (broad SMARTS) is 1. The van der Waals surface area contributed by atoms with Crippen LogP contribution >= 0.6 is 0 Å². The van der Waals surface area contributed by atoms with E-state index >= 15 is 0 Å². The van der Waals surface area contributed by atoms with Crippen LogP contribution in [0.3, 0.4) is 0 Å². The Morgan fingerprint density at radius 3 is 2.24 bits per heavy atom. The molecular weight excluding hydrogens is 296 g/mol. The molecule has 0 aromatic heterocycles. The Bertz CT molecular complexity index is 505. The summed E-state index contributed by atoms with van der Waals surface area (Å²) in [4.78, 5) is 24.5. The molecule has 2 fully saturated rings. The van der Waals surface area contributed by atoms with Gasteiger partial charge >= 0.3 is 5.97 Å². The van der Waals surface area contributed by atoms with Crippen LogP contribution in [0.5, 0.6) is 0 Å². The van der Waals surface area contributed by atoms with E-state index < -0.39 is 16.0 Å². The predicted octanol–water partition coefficient (Wildman–Crippen LogP) is -0.0188. The van der Waals surface area contributed by atoms with Crippen LogP contribution in [-0.2, 0) is 19.6 Å². The van der Waals surface area contributed by atoms with Crippen molar-refractivity contribution in [3.63, 3.8) is 0 Å². The summed E-state index contributed by atoms with van der Waals surface area (Å²) in [5.41, 5.74) is 0. The van der Waals surface area contributed by atoms with Crippen molar-refractivity contribution in [1.29, 1.82) is 0 Å². The third-order valence-corrected chi connectivity index (χ3v) is 6.18. The second kappa shape index (κ2) is 6.31. The predicted molar refractivity (Wildman–Crippen MR) is 76.1 cm³/mol. The average Bonchev–Trinajstić information content (AvgIpc) is 2.41. The van der Waals surface area contributed by atoms with Gasteiger partial charge in [-0.1, -0.05) is 0 Å². The quantitative estimate of drug-likeness (QED) is 0.769. The minimum atomic E-state index is -3.16. The molecule has 120 valence electrons. The molecule has 2 saturated heterocycles. The van der Waals surface area contributed by atoms with Crippen molar-refractivity contribution in [2.24, 2.45) is 11.8 Å². The van der Waals surface area contributed by atoms with Crippen molar-refractivity contribution in [1.82, 2.24) is 9.21 Å².